The second kappa shape index (κ2) is 7.33. The van der Waals surface area contributed by atoms with E-state index in [4.69, 9.17) is 11.6 Å². The molecule has 3 aliphatic rings. The number of nitrogens with one attached hydrogen (secondary N) is 1. The lowest BCUT2D eigenvalue weighted by Crippen LogP contribution is -2.42. The number of piperidine rings is 1. The molecule has 3 atom stereocenters. The van der Waals surface area contributed by atoms with Crippen molar-refractivity contribution in [3.05, 3.63) is 29.2 Å². The molecule has 1 saturated carbocycles. The van der Waals surface area contributed by atoms with Crippen molar-refractivity contribution in [3.63, 3.8) is 0 Å². The van der Waals surface area contributed by atoms with E-state index < -0.39 is 0 Å². The molecule has 0 spiro atoms. The van der Waals surface area contributed by atoms with E-state index in [1.165, 1.54) is 5.69 Å². The fourth-order valence-corrected chi connectivity index (χ4v) is 5.96. The van der Waals surface area contributed by atoms with Crippen molar-refractivity contribution in [1.29, 1.82) is 0 Å². The average molecular weight is 442 g/mol. The number of fused-ring (bicyclic) bond motifs is 3. The zero-order chi connectivity index (χ0) is 21.9. The predicted molar refractivity (Wildman–Crippen MR) is 119 cm³/mol. The number of halogens is 1. The van der Waals surface area contributed by atoms with Crippen LogP contribution in [0, 0.1) is 17.3 Å². The molecule has 2 aromatic heterocycles. The number of anilines is 1. The largest absolute Gasteiger partial charge is 0.339 e. The number of pyridine rings is 1. The molecular weight excluding hydrogens is 414 g/mol. The van der Waals surface area contributed by atoms with Crippen molar-refractivity contribution in [1.82, 2.24) is 19.7 Å². The van der Waals surface area contributed by atoms with Crippen LogP contribution in [0.4, 0.5) is 5.82 Å². The molecule has 2 aliphatic heterocycles. The number of likely N-dealkylation sites (tertiary alicyclic amines) is 1. The van der Waals surface area contributed by atoms with Crippen LogP contribution in [-0.4, -0.2) is 44.1 Å². The summed E-state index contributed by atoms with van der Waals surface area (Å²) in [6, 6.07) is 2.03. The third-order valence-electron chi connectivity index (χ3n) is 7.05. The number of nitrogens with zero attached hydrogens (tertiary/aromatic N) is 4. The monoisotopic (exact) mass is 441 g/mol. The van der Waals surface area contributed by atoms with E-state index >= 15 is 0 Å². The molecule has 0 aromatic carbocycles. The summed E-state index contributed by atoms with van der Waals surface area (Å²) in [5.74, 6) is 1.28. The molecule has 0 unspecified atom stereocenters. The Balaban J connectivity index is 1.31. The number of amides is 2. The average Bonchev–Trinajstić information content (AvgIpc) is 3.42. The van der Waals surface area contributed by atoms with Crippen LogP contribution in [0.15, 0.2) is 18.5 Å². The van der Waals surface area contributed by atoms with Crippen LogP contribution in [-0.2, 0) is 22.6 Å². The highest BCUT2D eigenvalue weighted by Crippen LogP contribution is 2.43. The van der Waals surface area contributed by atoms with Crippen molar-refractivity contribution < 1.29 is 9.59 Å². The Bertz CT molecular complexity index is 1060. The lowest BCUT2D eigenvalue weighted by atomic mass is 9.89. The first-order valence-electron chi connectivity index (χ1n) is 11.0. The highest BCUT2D eigenvalue weighted by atomic mass is 35.5. The second-order valence-electron chi connectivity index (χ2n) is 10.1. The molecule has 164 valence electrons. The van der Waals surface area contributed by atoms with E-state index in [9.17, 15) is 9.59 Å². The van der Waals surface area contributed by atoms with Gasteiger partial charge in [-0.2, -0.15) is 5.10 Å². The van der Waals surface area contributed by atoms with Gasteiger partial charge in [-0.25, -0.2) is 4.98 Å². The van der Waals surface area contributed by atoms with Crippen LogP contribution in [0.25, 0.3) is 11.1 Å². The van der Waals surface area contributed by atoms with E-state index in [-0.39, 0.29) is 29.2 Å². The number of rotatable bonds is 4. The van der Waals surface area contributed by atoms with Crippen molar-refractivity contribution >= 4 is 29.2 Å². The number of carbonyl (C=O) groups is 2. The minimum atomic E-state index is -0.0665. The Labute approximate surface area is 187 Å². The van der Waals surface area contributed by atoms with Gasteiger partial charge < -0.3 is 10.2 Å². The van der Waals surface area contributed by atoms with Crippen LogP contribution in [0.5, 0.6) is 0 Å². The Morgan fingerprint density at radius 2 is 2.06 bits per heavy atom. The first kappa shape index (κ1) is 20.5. The Kier molecular flexibility index (Phi) is 4.84. The van der Waals surface area contributed by atoms with Gasteiger partial charge in [0, 0.05) is 55.5 Å². The van der Waals surface area contributed by atoms with Gasteiger partial charge >= 0.3 is 0 Å². The number of hydrogen-bond acceptors (Lipinski definition) is 4. The zero-order valence-electron chi connectivity index (χ0n) is 18.2. The molecule has 0 radical (unpaired) electrons. The normalized spacial score (nSPS) is 25.7. The van der Waals surface area contributed by atoms with Gasteiger partial charge in [0.15, 0.2) is 0 Å². The van der Waals surface area contributed by atoms with Crippen molar-refractivity contribution in [2.24, 2.45) is 17.3 Å². The minimum Gasteiger partial charge on any atom is -0.339 e. The summed E-state index contributed by atoms with van der Waals surface area (Å²) < 4.78 is 2.04. The molecule has 2 bridgehead atoms. The summed E-state index contributed by atoms with van der Waals surface area (Å²) in [5.41, 5.74) is 3.18. The molecule has 1 saturated heterocycles. The molecule has 8 heteroatoms. The molecule has 4 heterocycles. The number of hydrogen-bond donors (Lipinski definition) is 1. The second-order valence-corrected chi connectivity index (χ2v) is 10.5. The SMILES string of the molecule is CC(=O)N1C[C@H]2C[C@@H](CC(=O)Nc3cc(-c4cnn5c4CC(C)(C)C5)c(Cl)cn3)[C@@H]1C2. The van der Waals surface area contributed by atoms with E-state index in [0.29, 0.717) is 23.2 Å². The molecule has 5 rings (SSSR count). The summed E-state index contributed by atoms with van der Waals surface area (Å²) in [7, 11) is 0. The van der Waals surface area contributed by atoms with Gasteiger partial charge in [-0.15, -0.1) is 0 Å². The molecule has 1 N–H and O–H groups in total. The van der Waals surface area contributed by atoms with Gasteiger partial charge in [0.1, 0.15) is 5.82 Å². The molecule has 1 aliphatic carbocycles. The van der Waals surface area contributed by atoms with Crippen LogP contribution < -0.4 is 5.32 Å². The van der Waals surface area contributed by atoms with Crippen molar-refractivity contribution in [3.8, 4) is 11.1 Å². The van der Waals surface area contributed by atoms with Gasteiger partial charge in [0.05, 0.1) is 11.2 Å². The summed E-state index contributed by atoms with van der Waals surface area (Å²) in [6.45, 7) is 7.80. The van der Waals surface area contributed by atoms with E-state index in [1.807, 2.05) is 21.8 Å². The summed E-state index contributed by atoms with van der Waals surface area (Å²) in [6.07, 6.45) is 6.81. The zero-order valence-corrected chi connectivity index (χ0v) is 18.9. The third kappa shape index (κ3) is 3.73. The lowest BCUT2D eigenvalue weighted by molar-refractivity contribution is -0.132. The highest BCUT2D eigenvalue weighted by molar-refractivity contribution is 6.33. The van der Waals surface area contributed by atoms with Crippen LogP contribution in [0.2, 0.25) is 5.02 Å². The van der Waals surface area contributed by atoms with E-state index in [1.54, 1.807) is 13.1 Å². The van der Waals surface area contributed by atoms with Gasteiger partial charge in [0.2, 0.25) is 11.8 Å². The Morgan fingerprint density at radius 1 is 1.26 bits per heavy atom. The fraction of sp³-hybridized carbons (Fsp3) is 0.565. The quantitative estimate of drug-likeness (QED) is 0.783. The number of carbonyl (C=O) groups excluding carboxylic acids is 2. The van der Waals surface area contributed by atoms with Gasteiger partial charge in [-0.3, -0.25) is 14.3 Å². The van der Waals surface area contributed by atoms with Crippen LogP contribution >= 0.6 is 11.6 Å². The highest BCUT2D eigenvalue weighted by Gasteiger charge is 2.46. The van der Waals surface area contributed by atoms with E-state index in [0.717, 1.165) is 43.5 Å². The topological polar surface area (TPSA) is 80.1 Å². The van der Waals surface area contributed by atoms with Gasteiger partial charge in [-0.05, 0) is 42.6 Å². The van der Waals surface area contributed by atoms with Crippen LogP contribution in [0.1, 0.15) is 45.7 Å². The smallest absolute Gasteiger partial charge is 0.225 e. The molecule has 31 heavy (non-hydrogen) atoms. The molecule has 2 aromatic rings. The first-order chi connectivity index (χ1) is 14.7. The number of aromatic nitrogens is 3. The lowest BCUT2D eigenvalue weighted by Gasteiger charge is -2.32. The predicted octanol–water partition coefficient (Wildman–Crippen LogP) is 3.77. The molecular formula is C23H28ClN5O2. The first-order valence-corrected chi connectivity index (χ1v) is 11.4. The standard InChI is InChI=1S/C23H28ClN5O2/c1-13(30)28-11-14-4-15(19(28)5-14)6-22(31)27-21-7-16(18(24)10-25-21)17-9-26-29-12-23(2,3)8-20(17)29/h7,9-10,14-15,19H,4-6,8,11-12H2,1-3H3,(H,25,27,31)/t14-,15-,19-/m0/s1. The molecule has 7 nitrogen and oxygen atoms in total. The third-order valence-corrected chi connectivity index (χ3v) is 7.35. The maximum absolute atomic E-state index is 12.8. The summed E-state index contributed by atoms with van der Waals surface area (Å²) in [4.78, 5) is 30.9. The Hall–Kier alpha value is -2.41. The fourth-order valence-electron chi connectivity index (χ4n) is 5.76. The summed E-state index contributed by atoms with van der Waals surface area (Å²) in [5, 5.41) is 8.02. The maximum atomic E-state index is 12.8. The molecule has 2 amide bonds. The van der Waals surface area contributed by atoms with Crippen LogP contribution in [0.3, 0.4) is 0 Å². The minimum absolute atomic E-state index is 0.0665. The molecule has 2 fully saturated rings. The maximum Gasteiger partial charge on any atom is 0.225 e. The van der Waals surface area contributed by atoms with Crippen molar-refractivity contribution in [2.75, 3.05) is 11.9 Å². The Morgan fingerprint density at radius 3 is 2.81 bits per heavy atom. The van der Waals surface area contributed by atoms with Crippen molar-refractivity contribution in [2.45, 2.75) is 59.0 Å². The summed E-state index contributed by atoms with van der Waals surface area (Å²) >= 11 is 6.47. The van der Waals surface area contributed by atoms with Gasteiger partial charge in [-0.1, -0.05) is 25.4 Å². The van der Waals surface area contributed by atoms with Gasteiger partial charge in [0.25, 0.3) is 0 Å². The van der Waals surface area contributed by atoms with E-state index in [2.05, 4.69) is 29.2 Å².